The highest BCUT2D eigenvalue weighted by Gasteiger charge is 2.11. The Labute approximate surface area is 91.4 Å². The first-order valence-electron chi connectivity index (χ1n) is 5.84. The molecule has 1 aliphatic rings. The molecule has 15 heavy (non-hydrogen) atoms. The van der Waals surface area contributed by atoms with E-state index in [4.69, 9.17) is 4.42 Å². The number of hydrogen-bond donors (Lipinski definition) is 1. The van der Waals surface area contributed by atoms with Crippen molar-refractivity contribution in [3.05, 3.63) is 24.2 Å². The summed E-state index contributed by atoms with van der Waals surface area (Å²) in [5.74, 6) is 0. The van der Waals surface area contributed by atoms with E-state index in [1.165, 1.54) is 38.0 Å². The Bertz CT molecular complexity index is 265. The van der Waals surface area contributed by atoms with Gasteiger partial charge in [-0.15, -0.1) is 0 Å². The van der Waals surface area contributed by atoms with Gasteiger partial charge in [-0.2, -0.15) is 0 Å². The number of rotatable bonds is 5. The second-order valence-electron chi connectivity index (χ2n) is 4.28. The van der Waals surface area contributed by atoms with Gasteiger partial charge >= 0.3 is 0 Å². The van der Waals surface area contributed by atoms with Crippen LogP contribution >= 0.6 is 0 Å². The highest BCUT2D eigenvalue weighted by molar-refractivity contribution is 5.10. The average molecular weight is 208 g/mol. The zero-order valence-corrected chi connectivity index (χ0v) is 9.41. The van der Waals surface area contributed by atoms with Crippen LogP contribution in [0.4, 0.5) is 0 Å². The fourth-order valence-electron chi connectivity index (χ4n) is 2.08. The number of furan rings is 1. The SMILES string of the molecule is CC(NCCN1CCCC1)c1ccoc1. The van der Waals surface area contributed by atoms with Crippen LogP contribution in [0.1, 0.15) is 31.4 Å². The molecular weight excluding hydrogens is 188 g/mol. The van der Waals surface area contributed by atoms with Crippen molar-refractivity contribution in [2.75, 3.05) is 26.2 Å². The maximum Gasteiger partial charge on any atom is 0.0950 e. The fourth-order valence-corrected chi connectivity index (χ4v) is 2.08. The van der Waals surface area contributed by atoms with Gasteiger partial charge in [0.25, 0.3) is 0 Å². The maximum atomic E-state index is 5.06. The second-order valence-corrected chi connectivity index (χ2v) is 4.28. The molecule has 1 unspecified atom stereocenters. The van der Waals surface area contributed by atoms with Crippen LogP contribution in [0.3, 0.4) is 0 Å². The van der Waals surface area contributed by atoms with Crippen LogP contribution in [0.15, 0.2) is 23.0 Å². The van der Waals surface area contributed by atoms with Gasteiger partial charge in [-0.3, -0.25) is 0 Å². The van der Waals surface area contributed by atoms with E-state index in [-0.39, 0.29) is 0 Å². The summed E-state index contributed by atoms with van der Waals surface area (Å²) >= 11 is 0. The summed E-state index contributed by atoms with van der Waals surface area (Å²) in [6.07, 6.45) is 6.29. The van der Waals surface area contributed by atoms with Gasteiger partial charge in [0, 0.05) is 24.7 Å². The number of hydrogen-bond acceptors (Lipinski definition) is 3. The van der Waals surface area contributed by atoms with Crippen molar-refractivity contribution in [2.45, 2.75) is 25.8 Å². The second kappa shape index (κ2) is 5.33. The molecule has 2 rings (SSSR count). The summed E-state index contributed by atoms with van der Waals surface area (Å²) in [7, 11) is 0. The lowest BCUT2D eigenvalue weighted by Crippen LogP contribution is -2.31. The summed E-state index contributed by atoms with van der Waals surface area (Å²) in [5.41, 5.74) is 1.23. The summed E-state index contributed by atoms with van der Waals surface area (Å²) in [4.78, 5) is 2.52. The molecule has 0 radical (unpaired) electrons. The Hall–Kier alpha value is -0.800. The minimum Gasteiger partial charge on any atom is -0.472 e. The first-order chi connectivity index (χ1) is 7.36. The number of likely N-dealkylation sites (tertiary alicyclic amines) is 1. The van der Waals surface area contributed by atoms with E-state index < -0.39 is 0 Å². The Morgan fingerprint density at radius 2 is 2.27 bits per heavy atom. The fraction of sp³-hybridized carbons (Fsp3) is 0.667. The predicted molar refractivity (Wildman–Crippen MR) is 60.8 cm³/mol. The van der Waals surface area contributed by atoms with Gasteiger partial charge in [-0.05, 0) is 38.9 Å². The molecule has 1 aliphatic heterocycles. The first-order valence-corrected chi connectivity index (χ1v) is 5.84. The molecule has 0 amide bonds. The number of nitrogens with zero attached hydrogens (tertiary/aromatic N) is 1. The lowest BCUT2D eigenvalue weighted by molar-refractivity contribution is 0.329. The molecule has 3 heteroatoms. The molecule has 1 fully saturated rings. The highest BCUT2D eigenvalue weighted by Crippen LogP contribution is 2.12. The molecule has 1 N–H and O–H groups in total. The third-order valence-electron chi connectivity index (χ3n) is 3.12. The molecular formula is C12H20N2O. The van der Waals surface area contributed by atoms with Crippen molar-refractivity contribution >= 4 is 0 Å². The molecule has 3 nitrogen and oxygen atoms in total. The summed E-state index contributed by atoms with van der Waals surface area (Å²) in [6.45, 7) is 6.97. The zero-order chi connectivity index (χ0) is 10.5. The third-order valence-corrected chi connectivity index (χ3v) is 3.12. The van der Waals surface area contributed by atoms with Crippen LogP contribution in [0, 0.1) is 0 Å². The van der Waals surface area contributed by atoms with Gasteiger partial charge in [0.1, 0.15) is 0 Å². The van der Waals surface area contributed by atoms with Crippen LogP contribution in [-0.4, -0.2) is 31.1 Å². The molecule has 1 atom stereocenters. The van der Waals surface area contributed by atoms with Gasteiger partial charge in [0.15, 0.2) is 0 Å². The lowest BCUT2D eigenvalue weighted by atomic mass is 10.2. The largest absolute Gasteiger partial charge is 0.472 e. The summed E-state index contributed by atoms with van der Waals surface area (Å²) < 4.78 is 5.06. The molecule has 0 spiro atoms. The normalized spacial score (nSPS) is 19.5. The molecule has 0 bridgehead atoms. The van der Waals surface area contributed by atoms with E-state index in [0.717, 1.165) is 6.54 Å². The quantitative estimate of drug-likeness (QED) is 0.802. The monoisotopic (exact) mass is 208 g/mol. The Kier molecular flexibility index (Phi) is 3.80. The van der Waals surface area contributed by atoms with E-state index in [1.807, 2.05) is 12.3 Å². The van der Waals surface area contributed by atoms with Gasteiger partial charge < -0.3 is 14.6 Å². The molecule has 84 valence electrons. The molecule has 0 saturated carbocycles. The van der Waals surface area contributed by atoms with Crippen molar-refractivity contribution in [3.8, 4) is 0 Å². The standard InChI is InChI=1S/C12H20N2O/c1-11(12-4-9-15-10-12)13-5-8-14-6-2-3-7-14/h4,9-11,13H,2-3,5-8H2,1H3. The molecule has 1 saturated heterocycles. The first kappa shape index (κ1) is 10.7. The van der Waals surface area contributed by atoms with E-state index in [9.17, 15) is 0 Å². The van der Waals surface area contributed by atoms with Crippen LogP contribution in [0.5, 0.6) is 0 Å². The Morgan fingerprint density at radius 3 is 2.93 bits per heavy atom. The van der Waals surface area contributed by atoms with Crippen molar-refractivity contribution in [2.24, 2.45) is 0 Å². The van der Waals surface area contributed by atoms with Crippen LogP contribution in [-0.2, 0) is 0 Å². The highest BCUT2D eigenvalue weighted by atomic mass is 16.3. The zero-order valence-electron chi connectivity index (χ0n) is 9.41. The van der Waals surface area contributed by atoms with Crippen molar-refractivity contribution in [3.63, 3.8) is 0 Å². The van der Waals surface area contributed by atoms with E-state index in [1.54, 1.807) is 6.26 Å². The lowest BCUT2D eigenvalue weighted by Gasteiger charge is -2.17. The van der Waals surface area contributed by atoms with Crippen molar-refractivity contribution in [1.29, 1.82) is 0 Å². The van der Waals surface area contributed by atoms with Gasteiger partial charge in [0.05, 0.1) is 12.5 Å². The van der Waals surface area contributed by atoms with E-state index >= 15 is 0 Å². The van der Waals surface area contributed by atoms with Crippen molar-refractivity contribution in [1.82, 2.24) is 10.2 Å². The van der Waals surface area contributed by atoms with E-state index in [2.05, 4.69) is 17.1 Å². The topological polar surface area (TPSA) is 28.4 Å². The smallest absolute Gasteiger partial charge is 0.0950 e. The number of nitrogens with one attached hydrogen (secondary N) is 1. The molecule has 0 aliphatic carbocycles. The van der Waals surface area contributed by atoms with Gasteiger partial charge in [-0.1, -0.05) is 0 Å². The van der Waals surface area contributed by atoms with Crippen molar-refractivity contribution < 1.29 is 4.42 Å². The Morgan fingerprint density at radius 1 is 1.47 bits per heavy atom. The van der Waals surface area contributed by atoms with Gasteiger partial charge in [-0.25, -0.2) is 0 Å². The minimum atomic E-state index is 0.395. The molecule has 2 heterocycles. The maximum absolute atomic E-state index is 5.06. The van der Waals surface area contributed by atoms with Gasteiger partial charge in [0.2, 0.25) is 0 Å². The summed E-state index contributed by atoms with van der Waals surface area (Å²) in [6, 6.07) is 2.42. The van der Waals surface area contributed by atoms with Crippen LogP contribution in [0.2, 0.25) is 0 Å². The third kappa shape index (κ3) is 3.08. The molecule has 1 aromatic rings. The molecule has 1 aromatic heterocycles. The summed E-state index contributed by atoms with van der Waals surface area (Å²) in [5, 5.41) is 3.51. The predicted octanol–water partition coefficient (Wildman–Crippen LogP) is 2.03. The van der Waals surface area contributed by atoms with E-state index in [0.29, 0.717) is 6.04 Å². The average Bonchev–Trinajstić information content (AvgIpc) is 2.90. The minimum absolute atomic E-state index is 0.395. The molecule has 0 aromatic carbocycles. The van der Waals surface area contributed by atoms with Crippen LogP contribution < -0.4 is 5.32 Å². The van der Waals surface area contributed by atoms with Crippen LogP contribution in [0.25, 0.3) is 0 Å². The Balaban J connectivity index is 1.65.